The Labute approximate surface area is 106 Å². The molecule has 0 fully saturated rings. The third kappa shape index (κ3) is 2.37. The third-order valence-electron chi connectivity index (χ3n) is 2.22. The molecular formula is C12H7ClF2OS. The molecule has 0 atom stereocenters. The summed E-state index contributed by atoms with van der Waals surface area (Å²) in [6, 6.07) is 4.98. The van der Waals surface area contributed by atoms with Crippen LogP contribution in [0.3, 0.4) is 0 Å². The zero-order valence-corrected chi connectivity index (χ0v) is 10.3. The van der Waals surface area contributed by atoms with Gasteiger partial charge in [0.2, 0.25) is 5.78 Å². The van der Waals surface area contributed by atoms with E-state index in [1.165, 1.54) is 11.3 Å². The van der Waals surface area contributed by atoms with Crippen molar-refractivity contribution in [1.29, 1.82) is 0 Å². The SMILES string of the molecule is Cc1ccc(C(=O)c2cc(F)c(Cl)cc2F)s1. The zero-order chi connectivity index (χ0) is 12.6. The minimum absolute atomic E-state index is 0.297. The van der Waals surface area contributed by atoms with Crippen molar-refractivity contribution in [3.05, 3.63) is 56.2 Å². The molecule has 0 saturated heterocycles. The van der Waals surface area contributed by atoms with Crippen LogP contribution < -0.4 is 0 Å². The van der Waals surface area contributed by atoms with Gasteiger partial charge in [-0.1, -0.05) is 11.6 Å². The first kappa shape index (κ1) is 12.2. The summed E-state index contributed by atoms with van der Waals surface area (Å²) in [4.78, 5) is 13.2. The number of carbonyl (C=O) groups excluding carboxylic acids is 1. The molecule has 17 heavy (non-hydrogen) atoms. The second kappa shape index (κ2) is 4.55. The molecule has 0 radical (unpaired) electrons. The van der Waals surface area contributed by atoms with Gasteiger partial charge in [0.25, 0.3) is 0 Å². The van der Waals surface area contributed by atoms with Gasteiger partial charge in [0.05, 0.1) is 15.5 Å². The van der Waals surface area contributed by atoms with Crippen LogP contribution in [-0.2, 0) is 0 Å². The molecule has 0 saturated carbocycles. The minimum Gasteiger partial charge on any atom is -0.288 e. The molecule has 2 aromatic rings. The van der Waals surface area contributed by atoms with E-state index < -0.39 is 17.4 Å². The van der Waals surface area contributed by atoms with Gasteiger partial charge in [0.1, 0.15) is 11.6 Å². The predicted octanol–water partition coefficient (Wildman–Crippen LogP) is 4.22. The maximum atomic E-state index is 13.5. The van der Waals surface area contributed by atoms with E-state index >= 15 is 0 Å². The highest BCUT2D eigenvalue weighted by molar-refractivity contribution is 7.14. The van der Waals surface area contributed by atoms with Crippen molar-refractivity contribution in [2.24, 2.45) is 0 Å². The number of rotatable bonds is 2. The fraction of sp³-hybridized carbons (Fsp3) is 0.0833. The number of carbonyl (C=O) groups is 1. The molecule has 0 aliphatic rings. The van der Waals surface area contributed by atoms with E-state index in [2.05, 4.69) is 0 Å². The normalized spacial score (nSPS) is 10.6. The number of benzene rings is 1. The smallest absolute Gasteiger partial charge is 0.206 e. The molecule has 1 aromatic carbocycles. The summed E-state index contributed by atoms with van der Waals surface area (Å²) < 4.78 is 26.7. The van der Waals surface area contributed by atoms with Gasteiger partial charge in [-0.15, -0.1) is 11.3 Å². The first-order valence-corrected chi connectivity index (χ1v) is 5.94. The van der Waals surface area contributed by atoms with Gasteiger partial charge in [-0.25, -0.2) is 8.78 Å². The van der Waals surface area contributed by atoms with E-state index in [1.54, 1.807) is 12.1 Å². The summed E-state index contributed by atoms with van der Waals surface area (Å²) in [5, 5.41) is -0.332. The summed E-state index contributed by atoms with van der Waals surface area (Å²) in [6.07, 6.45) is 0. The van der Waals surface area contributed by atoms with E-state index in [0.29, 0.717) is 4.88 Å². The predicted molar refractivity (Wildman–Crippen MR) is 63.9 cm³/mol. The summed E-state index contributed by atoms with van der Waals surface area (Å²) in [5.41, 5.74) is -0.297. The lowest BCUT2D eigenvalue weighted by Gasteiger charge is -2.02. The van der Waals surface area contributed by atoms with E-state index in [4.69, 9.17) is 11.6 Å². The monoisotopic (exact) mass is 272 g/mol. The summed E-state index contributed by atoms with van der Waals surface area (Å²) >= 11 is 6.65. The third-order valence-corrected chi connectivity index (χ3v) is 3.51. The second-order valence-corrected chi connectivity index (χ2v) is 5.18. The van der Waals surface area contributed by atoms with Crippen LogP contribution in [0, 0.1) is 18.6 Å². The Hall–Kier alpha value is -1.26. The van der Waals surface area contributed by atoms with Crippen molar-refractivity contribution in [2.45, 2.75) is 6.92 Å². The van der Waals surface area contributed by atoms with Crippen molar-refractivity contribution in [1.82, 2.24) is 0 Å². The maximum Gasteiger partial charge on any atom is 0.206 e. The molecule has 0 unspecified atom stereocenters. The lowest BCUT2D eigenvalue weighted by atomic mass is 10.1. The second-order valence-electron chi connectivity index (χ2n) is 3.49. The van der Waals surface area contributed by atoms with Crippen molar-refractivity contribution in [3.8, 4) is 0 Å². The Bertz CT molecular complexity index is 592. The Kier molecular flexibility index (Phi) is 3.26. The number of aryl methyl sites for hydroxylation is 1. The molecular weight excluding hydrogens is 266 g/mol. The van der Waals surface area contributed by atoms with Gasteiger partial charge >= 0.3 is 0 Å². The van der Waals surface area contributed by atoms with Gasteiger partial charge in [0, 0.05) is 4.88 Å². The highest BCUT2D eigenvalue weighted by Gasteiger charge is 2.18. The van der Waals surface area contributed by atoms with Crippen LogP contribution in [0.5, 0.6) is 0 Å². The molecule has 0 amide bonds. The Morgan fingerprint density at radius 1 is 1.24 bits per heavy atom. The quantitative estimate of drug-likeness (QED) is 0.591. The van der Waals surface area contributed by atoms with Crippen LogP contribution >= 0.6 is 22.9 Å². The number of thiophene rings is 1. The lowest BCUT2D eigenvalue weighted by molar-refractivity contribution is 0.103. The molecule has 88 valence electrons. The molecule has 0 N–H and O–H groups in total. The molecule has 1 heterocycles. The van der Waals surface area contributed by atoms with Crippen molar-refractivity contribution in [3.63, 3.8) is 0 Å². The topological polar surface area (TPSA) is 17.1 Å². The van der Waals surface area contributed by atoms with Crippen LogP contribution in [0.1, 0.15) is 20.1 Å². The van der Waals surface area contributed by atoms with Gasteiger partial charge in [-0.05, 0) is 31.2 Å². The van der Waals surface area contributed by atoms with Crippen molar-refractivity contribution >= 4 is 28.7 Å². The number of hydrogen-bond acceptors (Lipinski definition) is 2. The van der Waals surface area contributed by atoms with E-state index in [0.717, 1.165) is 17.0 Å². The first-order chi connectivity index (χ1) is 7.99. The maximum absolute atomic E-state index is 13.5. The van der Waals surface area contributed by atoms with Gasteiger partial charge < -0.3 is 0 Å². The van der Waals surface area contributed by atoms with E-state index in [-0.39, 0.29) is 10.6 Å². The van der Waals surface area contributed by atoms with Crippen LogP contribution in [-0.4, -0.2) is 5.78 Å². The molecule has 0 aliphatic heterocycles. The average molecular weight is 273 g/mol. The Morgan fingerprint density at radius 3 is 2.53 bits per heavy atom. The molecule has 0 aliphatic carbocycles. The highest BCUT2D eigenvalue weighted by atomic mass is 35.5. The highest BCUT2D eigenvalue weighted by Crippen LogP contribution is 2.24. The molecule has 0 spiro atoms. The lowest BCUT2D eigenvalue weighted by Crippen LogP contribution is -2.03. The minimum atomic E-state index is -0.813. The van der Waals surface area contributed by atoms with Gasteiger partial charge in [0.15, 0.2) is 0 Å². The van der Waals surface area contributed by atoms with E-state index in [1.807, 2.05) is 6.92 Å². The standard InChI is InChI=1S/C12H7ClF2OS/c1-6-2-3-11(17-6)12(16)7-4-10(15)8(13)5-9(7)14/h2-5H,1H3. The molecule has 0 bridgehead atoms. The Balaban J connectivity index is 2.47. The van der Waals surface area contributed by atoms with Crippen LogP contribution in [0.4, 0.5) is 8.78 Å². The summed E-state index contributed by atoms with van der Waals surface area (Å²) in [6.45, 7) is 1.83. The summed E-state index contributed by atoms with van der Waals surface area (Å²) in [5.74, 6) is -2.15. The fourth-order valence-corrected chi connectivity index (χ4v) is 2.36. The van der Waals surface area contributed by atoms with Crippen LogP contribution in [0.15, 0.2) is 24.3 Å². The van der Waals surface area contributed by atoms with E-state index in [9.17, 15) is 13.6 Å². The largest absolute Gasteiger partial charge is 0.288 e. The summed E-state index contributed by atoms with van der Waals surface area (Å²) in [7, 11) is 0. The van der Waals surface area contributed by atoms with Gasteiger partial charge in [-0.3, -0.25) is 4.79 Å². The van der Waals surface area contributed by atoms with Gasteiger partial charge in [-0.2, -0.15) is 0 Å². The molecule has 1 aromatic heterocycles. The van der Waals surface area contributed by atoms with Crippen LogP contribution in [0.2, 0.25) is 5.02 Å². The number of hydrogen-bond donors (Lipinski definition) is 0. The fourth-order valence-electron chi connectivity index (χ4n) is 1.39. The number of ketones is 1. The molecule has 5 heteroatoms. The first-order valence-electron chi connectivity index (χ1n) is 4.74. The van der Waals surface area contributed by atoms with Crippen molar-refractivity contribution < 1.29 is 13.6 Å². The Morgan fingerprint density at radius 2 is 1.94 bits per heavy atom. The number of halogens is 3. The van der Waals surface area contributed by atoms with Crippen molar-refractivity contribution in [2.75, 3.05) is 0 Å². The zero-order valence-electron chi connectivity index (χ0n) is 8.76. The molecule has 1 nitrogen and oxygen atoms in total. The van der Waals surface area contributed by atoms with Crippen LogP contribution in [0.25, 0.3) is 0 Å². The molecule has 2 rings (SSSR count). The average Bonchev–Trinajstić information content (AvgIpc) is 2.69.